The van der Waals surface area contributed by atoms with E-state index in [0.29, 0.717) is 5.75 Å². The maximum Gasteiger partial charge on any atom is 0.315 e. The molecule has 4 aromatic rings. The van der Waals surface area contributed by atoms with Gasteiger partial charge in [0.05, 0.1) is 13.5 Å². The van der Waals surface area contributed by atoms with Crippen LogP contribution in [0.5, 0.6) is 11.5 Å². The molecule has 3 aromatic carbocycles. The zero-order valence-electron chi connectivity index (χ0n) is 13.7. The molecule has 0 aliphatic rings. The number of para-hydroxylation sites is 1. The normalized spacial score (nSPS) is 10.9. The molecule has 25 heavy (non-hydrogen) atoms. The zero-order valence-corrected chi connectivity index (χ0v) is 13.7. The molecule has 0 unspecified atom stereocenters. The number of carbonyl (C=O) groups excluding carboxylic acids is 1. The third-order valence-electron chi connectivity index (χ3n) is 4.06. The second kappa shape index (κ2) is 6.32. The van der Waals surface area contributed by atoms with Gasteiger partial charge in [0.25, 0.3) is 0 Å². The second-order valence-corrected chi connectivity index (χ2v) is 5.76. The second-order valence-electron chi connectivity index (χ2n) is 5.76. The minimum Gasteiger partial charge on any atom is -0.497 e. The number of ether oxygens (including phenoxy) is 2. The Morgan fingerprint density at radius 1 is 0.880 bits per heavy atom. The largest absolute Gasteiger partial charge is 0.497 e. The van der Waals surface area contributed by atoms with Gasteiger partial charge in [0.2, 0.25) is 0 Å². The van der Waals surface area contributed by atoms with Gasteiger partial charge in [0, 0.05) is 10.8 Å². The summed E-state index contributed by atoms with van der Waals surface area (Å²) in [6, 6.07) is 20.6. The summed E-state index contributed by atoms with van der Waals surface area (Å²) >= 11 is 0. The average Bonchev–Trinajstić information content (AvgIpc) is 3.00. The first-order chi connectivity index (χ1) is 12.2. The summed E-state index contributed by atoms with van der Waals surface area (Å²) in [5.41, 5.74) is 2.44. The lowest BCUT2D eigenvalue weighted by molar-refractivity contribution is -0.133. The first-order valence-electron chi connectivity index (χ1n) is 7.98. The predicted octanol–water partition coefficient (Wildman–Crippen LogP) is 4.74. The van der Waals surface area contributed by atoms with Crippen molar-refractivity contribution in [2.24, 2.45) is 0 Å². The molecule has 4 heteroatoms. The van der Waals surface area contributed by atoms with Crippen LogP contribution in [0.1, 0.15) is 5.56 Å². The van der Waals surface area contributed by atoms with Crippen molar-refractivity contribution in [3.63, 3.8) is 0 Å². The number of hydrogen-bond acceptors (Lipinski definition) is 4. The molecule has 0 fully saturated rings. The van der Waals surface area contributed by atoms with Gasteiger partial charge in [0.15, 0.2) is 0 Å². The van der Waals surface area contributed by atoms with Crippen LogP contribution in [-0.4, -0.2) is 13.1 Å². The molecule has 124 valence electrons. The standard InChI is InChI=1S/C21H16O4/c1-23-15-6-4-5-14(11-15)12-21(22)24-16-9-10-20-18(13-16)17-7-2-3-8-19(17)25-20/h2-11,13H,12H2,1H3. The van der Waals surface area contributed by atoms with Crippen LogP contribution in [0.3, 0.4) is 0 Å². The molecule has 0 N–H and O–H groups in total. The minimum absolute atomic E-state index is 0.182. The fraction of sp³-hybridized carbons (Fsp3) is 0.0952. The van der Waals surface area contributed by atoms with E-state index in [9.17, 15) is 4.79 Å². The van der Waals surface area contributed by atoms with E-state index in [1.54, 1.807) is 13.2 Å². The van der Waals surface area contributed by atoms with Crippen LogP contribution in [0, 0.1) is 0 Å². The fourth-order valence-electron chi connectivity index (χ4n) is 2.89. The van der Waals surface area contributed by atoms with Crippen molar-refractivity contribution in [3.05, 3.63) is 72.3 Å². The lowest BCUT2D eigenvalue weighted by atomic mass is 10.1. The third kappa shape index (κ3) is 3.06. The van der Waals surface area contributed by atoms with E-state index in [1.165, 1.54) is 0 Å². The van der Waals surface area contributed by atoms with Crippen molar-refractivity contribution in [2.45, 2.75) is 6.42 Å². The zero-order chi connectivity index (χ0) is 17.2. The summed E-state index contributed by atoms with van der Waals surface area (Å²) in [7, 11) is 1.60. The summed E-state index contributed by atoms with van der Waals surface area (Å²) in [5.74, 6) is 0.906. The maximum absolute atomic E-state index is 12.2. The fourth-order valence-corrected chi connectivity index (χ4v) is 2.89. The van der Waals surface area contributed by atoms with E-state index >= 15 is 0 Å². The summed E-state index contributed by atoms with van der Waals surface area (Å²) in [5, 5.41) is 1.94. The molecular formula is C21H16O4. The van der Waals surface area contributed by atoms with Crippen molar-refractivity contribution in [2.75, 3.05) is 7.11 Å². The van der Waals surface area contributed by atoms with Crippen molar-refractivity contribution >= 4 is 27.9 Å². The smallest absolute Gasteiger partial charge is 0.315 e. The summed E-state index contributed by atoms with van der Waals surface area (Å²) in [4.78, 5) is 12.2. The van der Waals surface area contributed by atoms with Crippen LogP contribution in [0.4, 0.5) is 0 Å². The number of carbonyl (C=O) groups is 1. The first-order valence-corrected chi connectivity index (χ1v) is 7.98. The molecule has 0 aliphatic carbocycles. The first kappa shape index (κ1) is 15.3. The Morgan fingerprint density at radius 3 is 2.60 bits per heavy atom. The van der Waals surface area contributed by atoms with Gasteiger partial charge in [-0.15, -0.1) is 0 Å². The van der Waals surface area contributed by atoms with Crippen LogP contribution in [0.15, 0.2) is 71.1 Å². The molecule has 0 spiro atoms. The molecule has 4 rings (SSSR count). The summed E-state index contributed by atoms with van der Waals surface area (Å²) in [6.07, 6.45) is 0.182. The molecule has 0 atom stereocenters. The van der Waals surface area contributed by atoms with Crippen molar-refractivity contribution in [1.29, 1.82) is 0 Å². The molecule has 0 aliphatic heterocycles. The SMILES string of the molecule is COc1cccc(CC(=O)Oc2ccc3oc4ccccc4c3c2)c1. The Labute approximate surface area is 144 Å². The average molecular weight is 332 g/mol. The number of benzene rings is 3. The highest BCUT2D eigenvalue weighted by Gasteiger charge is 2.11. The van der Waals surface area contributed by atoms with Gasteiger partial charge < -0.3 is 13.9 Å². The Kier molecular flexibility index (Phi) is 3.86. The van der Waals surface area contributed by atoms with E-state index in [4.69, 9.17) is 13.9 Å². The van der Waals surface area contributed by atoms with Gasteiger partial charge in [-0.05, 0) is 42.0 Å². The number of fused-ring (bicyclic) bond motifs is 3. The van der Waals surface area contributed by atoms with E-state index in [2.05, 4.69) is 0 Å². The molecule has 4 nitrogen and oxygen atoms in total. The number of esters is 1. The minimum atomic E-state index is -0.319. The van der Waals surface area contributed by atoms with Gasteiger partial charge in [-0.3, -0.25) is 4.79 Å². The Hall–Kier alpha value is -3.27. The quantitative estimate of drug-likeness (QED) is 0.400. The van der Waals surface area contributed by atoms with E-state index in [1.807, 2.05) is 60.7 Å². The van der Waals surface area contributed by atoms with Gasteiger partial charge in [0.1, 0.15) is 22.7 Å². The molecule has 1 heterocycles. The highest BCUT2D eigenvalue weighted by molar-refractivity contribution is 6.05. The molecule has 0 saturated heterocycles. The van der Waals surface area contributed by atoms with E-state index in [-0.39, 0.29) is 12.4 Å². The number of furan rings is 1. The van der Waals surface area contributed by atoms with Crippen molar-refractivity contribution in [1.82, 2.24) is 0 Å². The van der Waals surface area contributed by atoms with E-state index in [0.717, 1.165) is 33.3 Å². The molecule has 0 bridgehead atoms. The topological polar surface area (TPSA) is 48.7 Å². The lowest BCUT2D eigenvalue weighted by Gasteiger charge is -2.06. The number of hydrogen-bond donors (Lipinski definition) is 0. The van der Waals surface area contributed by atoms with Gasteiger partial charge in [-0.25, -0.2) is 0 Å². The third-order valence-corrected chi connectivity index (χ3v) is 4.06. The molecule has 0 amide bonds. The molecule has 0 saturated carbocycles. The maximum atomic E-state index is 12.2. The molecular weight excluding hydrogens is 316 g/mol. The van der Waals surface area contributed by atoms with Crippen LogP contribution >= 0.6 is 0 Å². The Bertz CT molecular complexity index is 1060. The molecule has 0 radical (unpaired) electrons. The highest BCUT2D eigenvalue weighted by atomic mass is 16.5. The van der Waals surface area contributed by atoms with Crippen molar-refractivity contribution in [3.8, 4) is 11.5 Å². The van der Waals surface area contributed by atoms with Gasteiger partial charge in [-0.1, -0.05) is 30.3 Å². The number of methoxy groups -OCH3 is 1. The Morgan fingerprint density at radius 2 is 1.72 bits per heavy atom. The van der Waals surface area contributed by atoms with Crippen LogP contribution < -0.4 is 9.47 Å². The molecule has 1 aromatic heterocycles. The van der Waals surface area contributed by atoms with Gasteiger partial charge in [-0.2, -0.15) is 0 Å². The highest BCUT2D eigenvalue weighted by Crippen LogP contribution is 2.31. The Balaban J connectivity index is 1.57. The number of rotatable bonds is 4. The van der Waals surface area contributed by atoms with Gasteiger partial charge >= 0.3 is 5.97 Å². The van der Waals surface area contributed by atoms with Crippen LogP contribution in [-0.2, 0) is 11.2 Å². The van der Waals surface area contributed by atoms with Crippen LogP contribution in [0.2, 0.25) is 0 Å². The predicted molar refractivity (Wildman–Crippen MR) is 96.1 cm³/mol. The summed E-state index contributed by atoms with van der Waals surface area (Å²) in [6.45, 7) is 0. The lowest BCUT2D eigenvalue weighted by Crippen LogP contribution is -2.11. The van der Waals surface area contributed by atoms with Crippen molar-refractivity contribution < 1.29 is 18.7 Å². The monoisotopic (exact) mass is 332 g/mol. The summed E-state index contributed by atoms with van der Waals surface area (Å²) < 4.78 is 16.4. The van der Waals surface area contributed by atoms with Crippen LogP contribution in [0.25, 0.3) is 21.9 Å². The van der Waals surface area contributed by atoms with E-state index < -0.39 is 0 Å².